The predicted octanol–water partition coefficient (Wildman–Crippen LogP) is 0.336. The molecule has 3 N–H and O–H groups in total. The average molecular weight is 326 g/mol. The summed E-state index contributed by atoms with van der Waals surface area (Å²) in [6.07, 6.45) is 3.65. The zero-order valence-electron chi connectivity index (χ0n) is 11.4. The maximum atomic E-state index is 11.5. The number of hydrogen-bond acceptors (Lipinski definition) is 7. The summed E-state index contributed by atoms with van der Waals surface area (Å²) in [5.41, 5.74) is -0.108. The van der Waals surface area contributed by atoms with Crippen LogP contribution in [0.25, 0.3) is 0 Å². The number of hydrogen-bond donors (Lipinski definition) is 2. The fraction of sp³-hybridized carbons (Fsp3) is 0.273. The first-order valence-corrected chi connectivity index (χ1v) is 7.80. The van der Waals surface area contributed by atoms with Crippen LogP contribution < -0.4 is 10.5 Å². The standard InChI is InChI=1S/C11H14N6O4S/c12-22(20,21)11-6-9(17(18)19)2-3-10(11)14-4-1-5-16-8-13-7-15-16/h2-3,6-8,14H,1,4-5H2,(H2,12,20,21). The van der Waals surface area contributed by atoms with Crippen molar-refractivity contribution in [3.8, 4) is 0 Å². The van der Waals surface area contributed by atoms with E-state index in [0.29, 0.717) is 19.5 Å². The largest absolute Gasteiger partial charge is 0.384 e. The number of aromatic nitrogens is 3. The summed E-state index contributed by atoms with van der Waals surface area (Å²) in [7, 11) is -4.06. The Hall–Kier alpha value is -2.53. The van der Waals surface area contributed by atoms with E-state index in [2.05, 4.69) is 15.4 Å². The minimum atomic E-state index is -4.06. The van der Waals surface area contributed by atoms with Gasteiger partial charge in [0.25, 0.3) is 5.69 Å². The lowest BCUT2D eigenvalue weighted by Gasteiger charge is -2.10. The number of nitro groups is 1. The number of non-ortho nitro benzene ring substituents is 1. The number of aryl methyl sites for hydroxylation is 1. The SMILES string of the molecule is NS(=O)(=O)c1cc([N+](=O)[O-])ccc1NCCCn1cncn1. The first kappa shape index (κ1) is 15.9. The number of nitrogens with two attached hydrogens (primary N) is 1. The smallest absolute Gasteiger partial charge is 0.270 e. The van der Waals surface area contributed by atoms with E-state index in [-0.39, 0.29) is 16.3 Å². The lowest BCUT2D eigenvalue weighted by atomic mass is 10.2. The molecule has 118 valence electrons. The van der Waals surface area contributed by atoms with Crippen LogP contribution in [-0.4, -0.2) is 34.7 Å². The van der Waals surface area contributed by atoms with Gasteiger partial charge in [-0.05, 0) is 12.5 Å². The maximum Gasteiger partial charge on any atom is 0.270 e. The van der Waals surface area contributed by atoms with E-state index in [4.69, 9.17) is 5.14 Å². The van der Waals surface area contributed by atoms with Crippen LogP contribution in [0, 0.1) is 10.1 Å². The van der Waals surface area contributed by atoms with Crippen molar-refractivity contribution in [3.05, 3.63) is 41.0 Å². The molecule has 0 saturated carbocycles. The zero-order chi connectivity index (χ0) is 16.2. The van der Waals surface area contributed by atoms with E-state index in [1.807, 2.05) is 0 Å². The van der Waals surface area contributed by atoms with E-state index in [1.165, 1.54) is 18.5 Å². The molecule has 0 amide bonds. The van der Waals surface area contributed by atoms with Crippen molar-refractivity contribution in [1.82, 2.24) is 14.8 Å². The molecule has 2 rings (SSSR count). The molecule has 1 aromatic heterocycles. The van der Waals surface area contributed by atoms with E-state index in [9.17, 15) is 18.5 Å². The number of anilines is 1. The summed E-state index contributed by atoms with van der Waals surface area (Å²) in [6.45, 7) is 1.05. The minimum Gasteiger partial charge on any atom is -0.384 e. The third-order valence-electron chi connectivity index (χ3n) is 2.83. The third-order valence-corrected chi connectivity index (χ3v) is 3.78. The normalized spacial score (nSPS) is 11.3. The number of rotatable bonds is 7. The summed E-state index contributed by atoms with van der Waals surface area (Å²) in [6, 6.07) is 3.48. The first-order valence-electron chi connectivity index (χ1n) is 6.25. The summed E-state index contributed by atoms with van der Waals surface area (Å²) in [4.78, 5) is 13.5. The molecule has 0 aliphatic rings. The highest BCUT2D eigenvalue weighted by Gasteiger charge is 2.18. The van der Waals surface area contributed by atoms with Crippen LogP contribution in [0.1, 0.15) is 6.42 Å². The van der Waals surface area contributed by atoms with Crippen molar-refractivity contribution in [2.45, 2.75) is 17.9 Å². The quantitative estimate of drug-likeness (QED) is 0.423. The van der Waals surface area contributed by atoms with Gasteiger partial charge in [-0.3, -0.25) is 14.8 Å². The van der Waals surface area contributed by atoms with Gasteiger partial charge in [0, 0.05) is 25.2 Å². The van der Waals surface area contributed by atoms with Gasteiger partial charge in [0.1, 0.15) is 17.6 Å². The lowest BCUT2D eigenvalue weighted by Crippen LogP contribution is -2.16. The fourth-order valence-corrected chi connectivity index (χ4v) is 2.55. The molecule has 0 aliphatic carbocycles. The number of nitro benzene ring substituents is 1. The third kappa shape index (κ3) is 3.99. The van der Waals surface area contributed by atoms with Crippen molar-refractivity contribution in [2.75, 3.05) is 11.9 Å². The van der Waals surface area contributed by atoms with E-state index < -0.39 is 14.9 Å². The van der Waals surface area contributed by atoms with Gasteiger partial charge in [0.15, 0.2) is 0 Å². The van der Waals surface area contributed by atoms with Crippen LogP contribution in [0.4, 0.5) is 11.4 Å². The van der Waals surface area contributed by atoms with Gasteiger partial charge in [-0.2, -0.15) is 5.10 Å². The van der Waals surface area contributed by atoms with Gasteiger partial charge in [-0.15, -0.1) is 0 Å². The Bertz CT molecular complexity index is 759. The second-order valence-corrected chi connectivity index (χ2v) is 5.95. The van der Waals surface area contributed by atoms with Gasteiger partial charge in [0.05, 0.1) is 10.6 Å². The van der Waals surface area contributed by atoms with Crippen LogP contribution in [0.2, 0.25) is 0 Å². The molecule has 0 bridgehead atoms. The number of sulfonamides is 1. The highest BCUT2D eigenvalue weighted by molar-refractivity contribution is 7.89. The first-order chi connectivity index (χ1) is 10.4. The molecule has 1 aromatic carbocycles. The van der Waals surface area contributed by atoms with E-state index >= 15 is 0 Å². The van der Waals surface area contributed by atoms with Crippen molar-refractivity contribution in [3.63, 3.8) is 0 Å². The van der Waals surface area contributed by atoms with E-state index in [1.54, 1.807) is 11.0 Å². The van der Waals surface area contributed by atoms with Crippen LogP contribution >= 0.6 is 0 Å². The molecule has 10 nitrogen and oxygen atoms in total. The highest BCUT2D eigenvalue weighted by atomic mass is 32.2. The molecular formula is C11H14N6O4S. The molecular weight excluding hydrogens is 312 g/mol. The van der Waals surface area contributed by atoms with Gasteiger partial charge < -0.3 is 5.32 Å². The molecule has 22 heavy (non-hydrogen) atoms. The van der Waals surface area contributed by atoms with Gasteiger partial charge in [-0.1, -0.05) is 0 Å². The molecule has 0 fully saturated rings. The molecule has 0 spiro atoms. The monoisotopic (exact) mass is 326 g/mol. The Labute approximate surface area is 126 Å². The summed E-state index contributed by atoms with van der Waals surface area (Å²) >= 11 is 0. The second kappa shape index (κ2) is 6.49. The fourth-order valence-electron chi connectivity index (χ4n) is 1.82. The molecule has 0 atom stereocenters. The van der Waals surface area contributed by atoms with Gasteiger partial charge in [-0.25, -0.2) is 18.5 Å². The highest BCUT2D eigenvalue weighted by Crippen LogP contribution is 2.25. The number of benzene rings is 1. The Morgan fingerprint density at radius 1 is 1.41 bits per heavy atom. The summed E-state index contributed by atoms with van der Waals surface area (Å²) < 4.78 is 24.7. The van der Waals surface area contributed by atoms with Crippen LogP contribution in [0.15, 0.2) is 35.7 Å². The maximum absolute atomic E-state index is 11.5. The van der Waals surface area contributed by atoms with Crippen molar-refractivity contribution >= 4 is 21.4 Å². The summed E-state index contributed by atoms with van der Waals surface area (Å²) in [5.74, 6) is 0. The molecule has 0 saturated heterocycles. The van der Waals surface area contributed by atoms with Gasteiger partial charge in [0.2, 0.25) is 10.0 Å². The minimum absolute atomic E-state index is 0.228. The molecule has 0 unspecified atom stereocenters. The van der Waals surface area contributed by atoms with Gasteiger partial charge >= 0.3 is 0 Å². The topological polar surface area (TPSA) is 146 Å². The molecule has 2 aromatic rings. The van der Waals surface area contributed by atoms with Crippen molar-refractivity contribution in [2.24, 2.45) is 5.14 Å². The Morgan fingerprint density at radius 2 is 2.18 bits per heavy atom. The predicted molar refractivity (Wildman–Crippen MR) is 77.6 cm³/mol. The van der Waals surface area contributed by atoms with Crippen molar-refractivity contribution in [1.29, 1.82) is 0 Å². The second-order valence-electron chi connectivity index (χ2n) is 4.42. The number of nitrogens with zero attached hydrogens (tertiary/aromatic N) is 4. The molecule has 1 heterocycles. The molecule has 11 heteroatoms. The number of primary sulfonamides is 1. The van der Waals surface area contributed by atoms with Crippen LogP contribution in [0.5, 0.6) is 0 Å². The Morgan fingerprint density at radius 3 is 2.77 bits per heavy atom. The summed E-state index contributed by atoms with van der Waals surface area (Å²) in [5, 5.41) is 22.7. The van der Waals surface area contributed by atoms with Crippen LogP contribution in [0.3, 0.4) is 0 Å². The zero-order valence-corrected chi connectivity index (χ0v) is 12.2. The lowest BCUT2D eigenvalue weighted by molar-refractivity contribution is -0.385. The van der Waals surface area contributed by atoms with E-state index in [0.717, 1.165) is 6.07 Å². The average Bonchev–Trinajstić information content (AvgIpc) is 2.95. The van der Waals surface area contributed by atoms with Crippen molar-refractivity contribution < 1.29 is 13.3 Å². The van der Waals surface area contributed by atoms with Crippen LogP contribution in [-0.2, 0) is 16.6 Å². The number of nitrogens with one attached hydrogen (secondary N) is 1. The molecule has 0 radical (unpaired) electrons. The Balaban J connectivity index is 2.08. The molecule has 0 aliphatic heterocycles. The Kier molecular flexibility index (Phi) is 4.68.